The van der Waals surface area contributed by atoms with Crippen LogP contribution in [0.25, 0.3) is 10.8 Å². The number of carbonyl (C=O) groups excluding carboxylic acids is 1. The highest BCUT2D eigenvalue weighted by molar-refractivity contribution is 5.96. The molecule has 0 aliphatic heterocycles. The van der Waals surface area contributed by atoms with Crippen LogP contribution in [0.1, 0.15) is 26.7 Å². The van der Waals surface area contributed by atoms with E-state index in [1.165, 1.54) is 0 Å². The molecule has 0 spiro atoms. The van der Waals surface area contributed by atoms with E-state index in [1.54, 1.807) is 20.1 Å². The summed E-state index contributed by atoms with van der Waals surface area (Å²) in [5.41, 5.74) is 0. The number of benzene rings is 2. The average Bonchev–Trinajstić information content (AvgIpc) is 2.53. The zero-order valence-electron chi connectivity index (χ0n) is 12.6. The van der Waals surface area contributed by atoms with E-state index in [0.29, 0.717) is 30.3 Å². The highest BCUT2D eigenvalue weighted by Gasteiger charge is 2.16. The van der Waals surface area contributed by atoms with Crippen molar-refractivity contribution in [2.45, 2.75) is 26.7 Å². The average molecular weight is 288 g/mol. The third-order valence-electron chi connectivity index (χ3n) is 3.11. The zero-order chi connectivity index (χ0) is 15.2. The molecule has 112 valence electrons. The second kappa shape index (κ2) is 6.97. The molecule has 0 aromatic heterocycles. The van der Waals surface area contributed by atoms with Gasteiger partial charge in [-0.3, -0.25) is 4.79 Å². The molecular formula is C17H20O4. The van der Waals surface area contributed by atoms with Crippen LogP contribution in [0.4, 0.5) is 0 Å². The van der Waals surface area contributed by atoms with Crippen molar-refractivity contribution in [2.75, 3.05) is 13.7 Å². The van der Waals surface area contributed by atoms with E-state index < -0.39 is 0 Å². The Morgan fingerprint density at radius 1 is 1.10 bits per heavy atom. The fourth-order valence-corrected chi connectivity index (χ4v) is 2.07. The third kappa shape index (κ3) is 3.27. The van der Waals surface area contributed by atoms with Gasteiger partial charge in [0.2, 0.25) is 0 Å². The molecular weight excluding hydrogens is 268 g/mol. The van der Waals surface area contributed by atoms with Crippen LogP contribution < -0.4 is 14.2 Å². The van der Waals surface area contributed by atoms with Crippen LogP contribution in [-0.4, -0.2) is 19.7 Å². The Bertz CT molecular complexity index is 634. The van der Waals surface area contributed by atoms with E-state index in [0.717, 1.165) is 17.2 Å². The zero-order valence-corrected chi connectivity index (χ0v) is 12.6. The van der Waals surface area contributed by atoms with Gasteiger partial charge in [-0.25, -0.2) is 0 Å². The largest absolute Gasteiger partial charge is 0.493 e. The molecule has 2 aromatic carbocycles. The van der Waals surface area contributed by atoms with Crippen LogP contribution in [-0.2, 0) is 4.79 Å². The molecule has 0 heterocycles. The smallest absolute Gasteiger partial charge is 0.310 e. The first-order valence-corrected chi connectivity index (χ1v) is 7.14. The standard InChI is InChI=1S/C17H20O4/c1-4-10-20-17-13-9-7-6-8-12(13)14(11-15(17)19-3)21-16(18)5-2/h6-9,11H,4-5,10H2,1-3H3. The molecule has 0 saturated heterocycles. The summed E-state index contributed by atoms with van der Waals surface area (Å²) >= 11 is 0. The molecule has 0 aliphatic rings. The lowest BCUT2D eigenvalue weighted by molar-refractivity contribution is -0.133. The molecule has 0 bridgehead atoms. The number of methoxy groups -OCH3 is 1. The summed E-state index contributed by atoms with van der Waals surface area (Å²) < 4.78 is 16.6. The van der Waals surface area contributed by atoms with Crippen molar-refractivity contribution >= 4 is 16.7 Å². The van der Waals surface area contributed by atoms with Crippen molar-refractivity contribution < 1.29 is 19.0 Å². The quantitative estimate of drug-likeness (QED) is 0.596. The van der Waals surface area contributed by atoms with Gasteiger partial charge in [0.05, 0.1) is 13.7 Å². The van der Waals surface area contributed by atoms with E-state index >= 15 is 0 Å². The van der Waals surface area contributed by atoms with E-state index in [-0.39, 0.29) is 5.97 Å². The van der Waals surface area contributed by atoms with Gasteiger partial charge in [-0.1, -0.05) is 38.1 Å². The maximum absolute atomic E-state index is 11.6. The summed E-state index contributed by atoms with van der Waals surface area (Å²) in [5, 5.41) is 1.72. The lowest BCUT2D eigenvalue weighted by Crippen LogP contribution is -2.07. The van der Waals surface area contributed by atoms with Crippen molar-refractivity contribution in [3.05, 3.63) is 30.3 Å². The number of hydrogen-bond donors (Lipinski definition) is 0. The molecule has 21 heavy (non-hydrogen) atoms. The minimum absolute atomic E-state index is 0.274. The van der Waals surface area contributed by atoms with Gasteiger partial charge in [0.1, 0.15) is 5.75 Å². The lowest BCUT2D eigenvalue weighted by Gasteiger charge is -2.16. The van der Waals surface area contributed by atoms with Gasteiger partial charge >= 0.3 is 5.97 Å². The number of carbonyl (C=O) groups is 1. The number of rotatable bonds is 6. The predicted molar refractivity (Wildman–Crippen MR) is 82.2 cm³/mol. The number of esters is 1. The molecule has 0 fully saturated rings. The van der Waals surface area contributed by atoms with Crippen LogP contribution in [0.3, 0.4) is 0 Å². The molecule has 4 heteroatoms. The van der Waals surface area contributed by atoms with Crippen LogP contribution >= 0.6 is 0 Å². The Morgan fingerprint density at radius 2 is 1.81 bits per heavy atom. The molecule has 0 aliphatic carbocycles. The van der Waals surface area contributed by atoms with E-state index in [2.05, 4.69) is 0 Å². The monoisotopic (exact) mass is 288 g/mol. The van der Waals surface area contributed by atoms with Crippen molar-refractivity contribution in [1.29, 1.82) is 0 Å². The minimum Gasteiger partial charge on any atom is -0.493 e. The topological polar surface area (TPSA) is 44.8 Å². The second-order valence-corrected chi connectivity index (χ2v) is 4.63. The van der Waals surface area contributed by atoms with Crippen LogP contribution in [0, 0.1) is 0 Å². The van der Waals surface area contributed by atoms with Crippen molar-refractivity contribution in [3.63, 3.8) is 0 Å². The first-order valence-electron chi connectivity index (χ1n) is 7.14. The van der Waals surface area contributed by atoms with E-state index in [4.69, 9.17) is 14.2 Å². The predicted octanol–water partition coefficient (Wildman–Crippen LogP) is 3.95. The van der Waals surface area contributed by atoms with Gasteiger partial charge in [0.25, 0.3) is 0 Å². The molecule has 0 radical (unpaired) electrons. The Labute approximate surface area is 124 Å². The van der Waals surface area contributed by atoms with E-state index in [9.17, 15) is 4.79 Å². The second-order valence-electron chi connectivity index (χ2n) is 4.63. The Morgan fingerprint density at radius 3 is 2.43 bits per heavy atom. The molecule has 0 unspecified atom stereocenters. The first-order chi connectivity index (χ1) is 10.2. The van der Waals surface area contributed by atoms with Gasteiger partial charge in [0, 0.05) is 23.3 Å². The Kier molecular flexibility index (Phi) is 5.04. The molecule has 0 amide bonds. The summed E-state index contributed by atoms with van der Waals surface area (Å²) in [5.74, 6) is 1.48. The highest BCUT2D eigenvalue weighted by Crippen LogP contribution is 2.41. The fraction of sp³-hybridized carbons (Fsp3) is 0.353. The normalized spacial score (nSPS) is 10.4. The highest BCUT2D eigenvalue weighted by atomic mass is 16.5. The van der Waals surface area contributed by atoms with Crippen molar-refractivity contribution in [1.82, 2.24) is 0 Å². The van der Waals surface area contributed by atoms with E-state index in [1.807, 2.05) is 31.2 Å². The van der Waals surface area contributed by atoms with Crippen molar-refractivity contribution in [2.24, 2.45) is 0 Å². The maximum atomic E-state index is 11.6. The third-order valence-corrected chi connectivity index (χ3v) is 3.11. The number of fused-ring (bicyclic) bond motifs is 1. The fourth-order valence-electron chi connectivity index (χ4n) is 2.07. The lowest BCUT2D eigenvalue weighted by atomic mass is 10.1. The Balaban J connectivity index is 2.58. The molecule has 2 aromatic rings. The molecule has 2 rings (SSSR count). The summed E-state index contributed by atoms with van der Waals surface area (Å²) in [6.07, 6.45) is 1.23. The van der Waals surface area contributed by atoms with Gasteiger partial charge < -0.3 is 14.2 Å². The molecule has 4 nitrogen and oxygen atoms in total. The van der Waals surface area contributed by atoms with Crippen LogP contribution in [0.2, 0.25) is 0 Å². The van der Waals surface area contributed by atoms with Crippen LogP contribution in [0.5, 0.6) is 17.2 Å². The maximum Gasteiger partial charge on any atom is 0.310 e. The van der Waals surface area contributed by atoms with Gasteiger partial charge in [-0.05, 0) is 6.42 Å². The summed E-state index contributed by atoms with van der Waals surface area (Å²) in [6, 6.07) is 9.38. The minimum atomic E-state index is -0.274. The molecule has 0 atom stereocenters. The SMILES string of the molecule is CCCOc1c(OC)cc(OC(=O)CC)c2ccccc12. The molecule has 0 saturated carbocycles. The first kappa shape index (κ1) is 15.2. The van der Waals surface area contributed by atoms with Gasteiger partial charge in [-0.15, -0.1) is 0 Å². The van der Waals surface area contributed by atoms with Gasteiger partial charge in [0.15, 0.2) is 11.5 Å². The van der Waals surface area contributed by atoms with Crippen molar-refractivity contribution in [3.8, 4) is 17.2 Å². The summed E-state index contributed by atoms with van der Waals surface area (Å²) in [7, 11) is 1.58. The van der Waals surface area contributed by atoms with Crippen LogP contribution in [0.15, 0.2) is 30.3 Å². The summed E-state index contributed by atoms with van der Waals surface area (Å²) in [6.45, 7) is 4.42. The van der Waals surface area contributed by atoms with Gasteiger partial charge in [-0.2, -0.15) is 0 Å². The summed E-state index contributed by atoms with van der Waals surface area (Å²) in [4.78, 5) is 11.6. The number of ether oxygens (including phenoxy) is 3. The molecule has 0 N–H and O–H groups in total. The number of hydrogen-bond acceptors (Lipinski definition) is 4. The Hall–Kier alpha value is -2.23.